The van der Waals surface area contributed by atoms with E-state index in [4.69, 9.17) is 4.74 Å². The van der Waals surface area contributed by atoms with Crippen LogP contribution < -0.4 is 0 Å². The third-order valence-electron chi connectivity index (χ3n) is 4.20. The molecule has 0 saturated carbocycles. The Morgan fingerprint density at radius 2 is 2.13 bits per heavy atom. The number of likely N-dealkylation sites (tertiary alicyclic amines) is 1. The lowest BCUT2D eigenvalue weighted by Crippen LogP contribution is -2.42. The number of carbonyl (C=O) groups excluding carboxylic acids is 1. The summed E-state index contributed by atoms with van der Waals surface area (Å²) in [4.78, 5) is 22.8. The van der Waals surface area contributed by atoms with Crippen LogP contribution in [0.15, 0.2) is 48.9 Å². The lowest BCUT2D eigenvalue weighted by molar-refractivity contribution is 0.0310. The quantitative estimate of drug-likeness (QED) is 0.850. The maximum Gasteiger partial charge on any atom is 0.274 e. The molecule has 2 aromatic rings. The van der Waals surface area contributed by atoms with Gasteiger partial charge in [0.2, 0.25) is 0 Å². The Morgan fingerprint density at radius 3 is 2.83 bits per heavy atom. The molecule has 0 unspecified atom stereocenters. The maximum absolute atomic E-state index is 12.8. The summed E-state index contributed by atoms with van der Waals surface area (Å²) < 4.78 is 5.87. The zero-order valence-corrected chi connectivity index (χ0v) is 13.3. The second-order valence-electron chi connectivity index (χ2n) is 5.63. The van der Waals surface area contributed by atoms with Crippen molar-refractivity contribution in [3.63, 3.8) is 0 Å². The van der Waals surface area contributed by atoms with E-state index in [1.807, 2.05) is 30.0 Å². The number of aromatic nitrogens is 2. The van der Waals surface area contributed by atoms with Gasteiger partial charge >= 0.3 is 0 Å². The largest absolute Gasteiger partial charge is 0.376 e. The van der Waals surface area contributed by atoms with Gasteiger partial charge in [-0.05, 0) is 25.3 Å². The third kappa shape index (κ3) is 3.56. The van der Waals surface area contributed by atoms with E-state index in [9.17, 15) is 4.79 Å². The van der Waals surface area contributed by atoms with Crippen molar-refractivity contribution in [3.8, 4) is 0 Å². The average molecular weight is 311 g/mol. The number of nitrogens with zero attached hydrogens (tertiary/aromatic N) is 3. The number of hydrogen-bond donors (Lipinski definition) is 0. The summed E-state index contributed by atoms with van der Waals surface area (Å²) >= 11 is 0. The SMILES string of the molecule is CCO[C@H]1CCN(C(=O)c2cnccn2)[C@H]1Cc1ccccc1. The summed E-state index contributed by atoms with van der Waals surface area (Å²) in [5.74, 6) is -0.0683. The molecule has 3 rings (SSSR count). The molecule has 0 aliphatic carbocycles. The van der Waals surface area contributed by atoms with Crippen LogP contribution in [0, 0.1) is 0 Å². The second kappa shape index (κ2) is 7.33. The van der Waals surface area contributed by atoms with Gasteiger partial charge < -0.3 is 9.64 Å². The van der Waals surface area contributed by atoms with E-state index < -0.39 is 0 Å². The smallest absolute Gasteiger partial charge is 0.274 e. The summed E-state index contributed by atoms with van der Waals surface area (Å²) in [5, 5.41) is 0. The van der Waals surface area contributed by atoms with E-state index >= 15 is 0 Å². The molecular formula is C18H21N3O2. The predicted octanol–water partition coefficient (Wildman–Crippen LogP) is 2.34. The van der Waals surface area contributed by atoms with Crippen molar-refractivity contribution in [3.05, 3.63) is 60.2 Å². The summed E-state index contributed by atoms with van der Waals surface area (Å²) in [6.07, 6.45) is 6.37. The summed E-state index contributed by atoms with van der Waals surface area (Å²) in [7, 11) is 0. The minimum Gasteiger partial charge on any atom is -0.376 e. The first kappa shape index (κ1) is 15.6. The fourth-order valence-electron chi connectivity index (χ4n) is 3.14. The van der Waals surface area contributed by atoms with E-state index in [1.165, 1.54) is 11.8 Å². The highest BCUT2D eigenvalue weighted by Gasteiger charge is 2.38. The van der Waals surface area contributed by atoms with Crippen LogP contribution in [0.2, 0.25) is 0 Å². The highest BCUT2D eigenvalue weighted by molar-refractivity contribution is 5.92. The Morgan fingerprint density at radius 1 is 1.30 bits per heavy atom. The molecule has 23 heavy (non-hydrogen) atoms. The van der Waals surface area contributed by atoms with Crippen LogP contribution >= 0.6 is 0 Å². The van der Waals surface area contributed by atoms with Gasteiger partial charge in [0.15, 0.2) is 0 Å². The summed E-state index contributed by atoms with van der Waals surface area (Å²) in [6.45, 7) is 3.34. The number of amides is 1. The van der Waals surface area contributed by atoms with Crippen LogP contribution in [-0.4, -0.2) is 46.1 Å². The molecule has 5 nitrogen and oxygen atoms in total. The van der Waals surface area contributed by atoms with Crippen molar-refractivity contribution < 1.29 is 9.53 Å². The van der Waals surface area contributed by atoms with Gasteiger partial charge in [0.05, 0.1) is 18.3 Å². The number of hydrogen-bond acceptors (Lipinski definition) is 4. The van der Waals surface area contributed by atoms with Gasteiger partial charge in [-0.1, -0.05) is 30.3 Å². The molecule has 0 radical (unpaired) electrons. The van der Waals surface area contributed by atoms with Crippen LogP contribution in [0.25, 0.3) is 0 Å². The van der Waals surface area contributed by atoms with Crippen molar-refractivity contribution in [2.24, 2.45) is 0 Å². The first-order valence-electron chi connectivity index (χ1n) is 8.02. The monoisotopic (exact) mass is 311 g/mol. The van der Waals surface area contributed by atoms with E-state index in [-0.39, 0.29) is 18.1 Å². The molecule has 1 saturated heterocycles. The van der Waals surface area contributed by atoms with Crippen LogP contribution in [-0.2, 0) is 11.2 Å². The topological polar surface area (TPSA) is 55.3 Å². The summed E-state index contributed by atoms with van der Waals surface area (Å²) in [6, 6.07) is 10.3. The highest BCUT2D eigenvalue weighted by Crippen LogP contribution is 2.25. The van der Waals surface area contributed by atoms with Crippen molar-refractivity contribution in [2.45, 2.75) is 31.9 Å². The standard InChI is InChI=1S/C18H21N3O2/c1-2-23-17-8-11-21(18(22)15-13-19-9-10-20-15)16(17)12-14-6-4-3-5-7-14/h3-7,9-10,13,16-17H,2,8,11-12H2,1H3/t16-,17-/m0/s1. The normalized spacial score (nSPS) is 20.7. The van der Waals surface area contributed by atoms with Gasteiger partial charge in [0.25, 0.3) is 5.91 Å². The van der Waals surface area contributed by atoms with E-state index in [2.05, 4.69) is 22.1 Å². The zero-order chi connectivity index (χ0) is 16.1. The molecule has 1 fully saturated rings. The first-order valence-corrected chi connectivity index (χ1v) is 8.02. The predicted molar refractivity (Wildman–Crippen MR) is 87.0 cm³/mol. The van der Waals surface area contributed by atoms with Crippen LogP contribution in [0.3, 0.4) is 0 Å². The Kier molecular flexibility index (Phi) is 4.98. The molecule has 1 aromatic heterocycles. The van der Waals surface area contributed by atoms with E-state index in [0.29, 0.717) is 18.8 Å². The van der Waals surface area contributed by atoms with Gasteiger partial charge in [-0.25, -0.2) is 4.98 Å². The fraction of sp³-hybridized carbons (Fsp3) is 0.389. The Hall–Kier alpha value is -2.27. The molecule has 5 heteroatoms. The van der Waals surface area contributed by atoms with Crippen molar-refractivity contribution in [1.82, 2.24) is 14.9 Å². The van der Waals surface area contributed by atoms with Gasteiger partial charge in [-0.3, -0.25) is 9.78 Å². The third-order valence-corrected chi connectivity index (χ3v) is 4.20. The number of carbonyl (C=O) groups is 1. The number of ether oxygens (including phenoxy) is 1. The van der Waals surface area contributed by atoms with Crippen molar-refractivity contribution in [1.29, 1.82) is 0 Å². The molecule has 0 N–H and O–H groups in total. The van der Waals surface area contributed by atoms with Crippen molar-refractivity contribution >= 4 is 5.91 Å². The van der Waals surface area contributed by atoms with Gasteiger partial charge in [0.1, 0.15) is 5.69 Å². The minimum absolute atomic E-state index is 0.0341. The lowest BCUT2D eigenvalue weighted by Gasteiger charge is -2.28. The average Bonchev–Trinajstić information content (AvgIpc) is 2.99. The Labute approximate surface area is 136 Å². The van der Waals surface area contributed by atoms with Gasteiger partial charge in [-0.15, -0.1) is 0 Å². The summed E-state index contributed by atoms with van der Waals surface area (Å²) in [5.41, 5.74) is 1.60. The molecule has 1 aliphatic rings. The molecule has 2 heterocycles. The van der Waals surface area contributed by atoms with Gasteiger partial charge in [-0.2, -0.15) is 0 Å². The van der Waals surface area contributed by atoms with Crippen LogP contribution in [0.4, 0.5) is 0 Å². The zero-order valence-electron chi connectivity index (χ0n) is 13.3. The number of benzene rings is 1. The molecule has 0 bridgehead atoms. The molecule has 0 spiro atoms. The number of rotatable bonds is 5. The van der Waals surface area contributed by atoms with E-state index in [1.54, 1.807) is 12.4 Å². The fourth-order valence-corrected chi connectivity index (χ4v) is 3.14. The van der Waals surface area contributed by atoms with Crippen LogP contribution in [0.1, 0.15) is 29.4 Å². The van der Waals surface area contributed by atoms with E-state index in [0.717, 1.165) is 12.8 Å². The molecule has 1 aliphatic heterocycles. The highest BCUT2D eigenvalue weighted by atomic mass is 16.5. The molecule has 120 valence electrons. The Bertz CT molecular complexity index is 633. The molecular weight excluding hydrogens is 290 g/mol. The van der Waals surface area contributed by atoms with Crippen molar-refractivity contribution in [2.75, 3.05) is 13.2 Å². The molecule has 2 atom stereocenters. The van der Waals surface area contributed by atoms with Crippen LogP contribution in [0.5, 0.6) is 0 Å². The minimum atomic E-state index is -0.0683. The lowest BCUT2D eigenvalue weighted by atomic mass is 10.0. The van der Waals surface area contributed by atoms with Gasteiger partial charge in [0, 0.05) is 25.5 Å². The first-order chi connectivity index (χ1) is 11.3. The second-order valence-corrected chi connectivity index (χ2v) is 5.63. The maximum atomic E-state index is 12.8. The molecule has 1 aromatic carbocycles. The Balaban J connectivity index is 1.81. The molecule has 1 amide bonds.